The molecule has 3 rings (SSSR count). The lowest BCUT2D eigenvalue weighted by Gasteiger charge is -2.35. The van der Waals surface area contributed by atoms with Gasteiger partial charge in [0.15, 0.2) is 0 Å². The Morgan fingerprint density at radius 1 is 1.19 bits per heavy atom. The SMILES string of the molecule is CC1CCC(N(C)c2nc3ccccc3cc2CN)CC1. The van der Waals surface area contributed by atoms with Crippen molar-refractivity contribution < 1.29 is 0 Å². The number of nitrogens with zero attached hydrogens (tertiary/aromatic N) is 2. The minimum absolute atomic E-state index is 0.542. The monoisotopic (exact) mass is 283 g/mol. The molecule has 0 amide bonds. The predicted octanol–water partition coefficient (Wildman–Crippen LogP) is 3.71. The van der Waals surface area contributed by atoms with Crippen LogP contribution in [0, 0.1) is 5.92 Å². The summed E-state index contributed by atoms with van der Waals surface area (Å²) in [6.45, 7) is 2.90. The third kappa shape index (κ3) is 2.88. The van der Waals surface area contributed by atoms with Gasteiger partial charge in [-0.25, -0.2) is 4.98 Å². The Labute approximate surface area is 127 Å². The molecule has 0 saturated heterocycles. The molecule has 1 aliphatic carbocycles. The Kier molecular flexibility index (Phi) is 4.11. The first-order chi connectivity index (χ1) is 10.2. The highest BCUT2D eigenvalue weighted by Crippen LogP contribution is 2.31. The molecule has 0 atom stereocenters. The molecule has 1 aliphatic rings. The van der Waals surface area contributed by atoms with E-state index in [0.29, 0.717) is 12.6 Å². The van der Waals surface area contributed by atoms with Gasteiger partial charge in [0.25, 0.3) is 0 Å². The van der Waals surface area contributed by atoms with Gasteiger partial charge in [-0.05, 0) is 43.7 Å². The van der Waals surface area contributed by atoms with E-state index in [0.717, 1.165) is 22.8 Å². The zero-order chi connectivity index (χ0) is 14.8. The summed E-state index contributed by atoms with van der Waals surface area (Å²) in [5, 5.41) is 1.17. The zero-order valence-electron chi connectivity index (χ0n) is 13.0. The molecule has 2 aromatic rings. The van der Waals surface area contributed by atoms with E-state index in [1.807, 2.05) is 6.07 Å². The van der Waals surface area contributed by atoms with Gasteiger partial charge in [-0.2, -0.15) is 0 Å². The maximum absolute atomic E-state index is 5.96. The summed E-state index contributed by atoms with van der Waals surface area (Å²) in [5.74, 6) is 1.93. The molecule has 21 heavy (non-hydrogen) atoms. The van der Waals surface area contributed by atoms with Crippen LogP contribution in [-0.2, 0) is 6.54 Å². The second-order valence-corrected chi connectivity index (χ2v) is 6.39. The summed E-state index contributed by atoms with van der Waals surface area (Å²) >= 11 is 0. The highest BCUT2D eigenvalue weighted by atomic mass is 15.2. The summed E-state index contributed by atoms with van der Waals surface area (Å²) in [7, 11) is 2.18. The van der Waals surface area contributed by atoms with Crippen LogP contribution in [0.3, 0.4) is 0 Å². The molecule has 1 saturated carbocycles. The van der Waals surface area contributed by atoms with Crippen LogP contribution in [0.1, 0.15) is 38.2 Å². The van der Waals surface area contributed by atoms with Crippen molar-refractivity contribution in [2.45, 2.75) is 45.2 Å². The van der Waals surface area contributed by atoms with Gasteiger partial charge in [-0.3, -0.25) is 0 Å². The number of rotatable bonds is 3. The van der Waals surface area contributed by atoms with Gasteiger partial charge in [0.2, 0.25) is 0 Å². The van der Waals surface area contributed by atoms with Crippen molar-refractivity contribution in [3.8, 4) is 0 Å². The fourth-order valence-electron chi connectivity index (χ4n) is 3.41. The Morgan fingerprint density at radius 3 is 2.62 bits per heavy atom. The summed E-state index contributed by atoms with van der Waals surface area (Å²) < 4.78 is 0. The molecule has 1 heterocycles. The molecular weight excluding hydrogens is 258 g/mol. The molecule has 0 radical (unpaired) electrons. The van der Waals surface area contributed by atoms with Crippen LogP contribution in [0.25, 0.3) is 10.9 Å². The van der Waals surface area contributed by atoms with Crippen molar-refractivity contribution in [1.29, 1.82) is 0 Å². The van der Waals surface area contributed by atoms with Crippen molar-refractivity contribution in [3.63, 3.8) is 0 Å². The lowest BCUT2D eigenvalue weighted by Crippen LogP contribution is -2.36. The fraction of sp³-hybridized carbons (Fsp3) is 0.500. The Balaban J connectivity index is 1.94. The predicted molar refractivity (Wildman–Crippen MR) is 89.5 cm³/mol. The highest BCUT2D eigenvalue weighted by Gasteiger charge is 2.24. The molecule has 3 nitrogen and oxygen atoms in total. The minimum Gasteiger partial charge on any atom is -0.356 e. The number of hydrogen-bond acceptors (Lipinski definition) is 3. The first kappa shape index (κ1) is 14.3. The minimum atomic E-state index is 0.542. The molecule has 0 unspecified atom stereocenters. The van der Waals surface area contributed by atoms with E-state index in [4.69, 9.17) is 10.7 Å². The number of hydrogen-bond donors (Lipinski definition) is 1. The van der Waals surface area contributed by atoms with Gasteiger partial charge >= 0.3 is 0 Å². The van der Waals surface area contributed by atoms with Crippen LogP contribution in [-0.4, -0.2) is 18.1 Å². The Hall–Kier alpha value is -1.61. The average molecular weight is 283 g/mol. The van der Waals surface area contributed by atoms with Crippen molar-refractivity contribution in [2.75, 3.05) is 11.9 Å². The molecule has 0 aliphatic heterocycles. The summed E-state index contributed by atoms with van der Waals surface area (Å²) in [4.78, 5) is 7.25. The van der Waals surface area contributed by atoms with Gasteiger partial charge in [-0.1, -0.05) is 25.1 Å². The molecule has 0 bridgehead atoms. The molecule has 0 spiro atoms. The first-order valence-electron chi connectivity index (χ1n) is 8.00. The van der Waals surface area contributed by atoms with Gasteiger partial charge in [-0.15, -0.1) is 0 Å². The number of benzene rings is 1. The van der Waals surface area contributed by atoms with E-state index >= 15 is 0 Å². The molecule has 1 fully saturated rings. The molecule has 1 aromatic heterocycles. The van der Waals surface area contributed by atoms with E-state index < -0.39 is 0 Å². The topological polar surface area (TPSA) is 42.2 Å². The number of pyridine rings is 1. The quantitative estimate of drug-likeness (QED) is 0.933. The first-order valence-corrected chi connectivity index (χ1v) is 8.00. The molecule has 1 aromatic carbocycles. The normalized spacial score (nSPS) is 22.4. The summed E-state index contributed by atoms with van der Waals surface area (Å²) in [6, 6.07) is 11.1. The van der Waals surface area contributed by atoms with Crippen LogP contribution in [0.5, 0.6) is 0 Å². The van der Waals surface area contributed by atoms with Gasteiger partial charge in [0.1, 0.15) is 5.82 Å². The molecular formula is C18H25N3. The average Bonchev–Trinajstić information content (AvgIpc) is 2.53. The summed E-state index contributed by atoms with van der Waals surface area (Å²) in [6.07, 6.45) is 5.16. The fourth-order valence-corrected chi connectivity index (χ4v) is 3.41. The van der Waals surface area contributed by atoms with Crippen LogP contribution < -0.4 is 10.6 Å². The maximum Gasteiger partial charge on any atom is 0.133 e. The Bertz CT molecular complexity index is 615. The Morgan fingerprint density at radius 2 is 1.90 bits per heavy atom. The number of anilines is 1. The van der Waals surface area contributed by atoms with E-state index in [9.17, 15) is 0 Å². The molecule has 3 heteroatoms. The van der Waals surface area contributed by atoms with E-state index in [1.165, 1.54) is 31.1 Å². The highest BCUT2D eigenvalue weighted by molar-refractivity contribution is 5.81. The number of fused-ring (bicyclic) bond motifs is 1. The zero-order valence-corrected chi connectivity index (χ0v) is 13.0. The lowest BCUT2D eigenvalue weighted by molar-refractivity contribution is 0.340. The second-order valence-electron chi connectivity index (χ2n) is 6.39. The standard InChI is InChI=1S/C18H25N3/c1-13-7-9-16(10-8-13)21(2)18-15(12-19)11-14-5-3-4-6-17(14)20-18/h3-6,11,13,16H,7-10,12,19H2,1-2H3. The number of nitrogens with two attached hydrogens (primary N) is 1. The van der Waals surface area contributed by atoms with E-state index in [1.54, 1.807) is 0 Å². The smallest absolute Gasteiger partial charge is 0.133 e. The number of para-hydroxylation sites is 1. The third-order valence-electron chi connectivity index (χ3n) is 4.87. The molecule has 112 valence electrons. The third-order valence-corrected chi connectivity index (χ3v) is 4.87. The van der Waals surface area contributed by atoms with Crippen LogP contribution in [0.15, 0.2) is 30.3 Å². The number of aromatic nitrogens is 1. The van der Waals surface area contributed by atoms with Crippen molar-refractivity contribution in [2.24, 2.45) is 11.7 Å². The van der Waals surface area contributed by atoms with Crippen molar-refractivity contribution >= 4 is 16.7 Å². The van der Waals surface area contributed by atoms with Crippen molar-refractivity contribution in [1.82, 2.24) is 4.98 Å². The second kappa shape index (κ2) is 6.02. The van der Waals surface area contributed by atoms with Gasteiger partial charge in [0, 0.05) is 30.6 Å². The van der Waals surface area contributed by atoms with E-state index in [-0.39, 0.29) is 0 Å². The maximum atomic E-state index is 5.96. The van der Waals surface area contributed by atoms with Crippen LogP contribution in [0.2, 0.25) is 0 Å². The van der Waals surface area contributed by atoms with E-state index in [2.05, 4.69) is 43.1 Å². The summed E-state index contributed by atoms with van der Waals surface area (Å²) in [5.41, 5.74) is 8.17. The lowest BCUT2D eigenvalue weighted by atomic mass is 9.86. The largest absolute Gasteiger partial charge is 0.356 e. The molecule has 2 N–H and O–H groups in total. The van der Waals surface area contributed by atoms with Crippen LogP contribution in [0.4, 0.5) is 5.82 Å². The van der Waals surface area contributed by atoms with Crippen LogP contribution >= 0.6 is 0 Å². The van der Waals surface area contributed by atoms with Crippen molar-refractivity contribution in [3.05, 3.63) is 35.9 Å². The van der Waals surface area contributed by atoms with Gasteiger partial charge < -0.3 is 10.6 Å². The van der Waals surface area contributed by atoms with Gasteiger partial charge in [0.05, 0.1) is 5.52 Å².